The van der Waals surface area contributed by atoms with Crippen LogP contribution < -0.4 is 10.0 Å². The number of piperidine rings is 1. The number of hydrogen-bond donors (Lipinski definition) is 2. The van der Waals surface area contributed by atoms with E-state index in [0.717, 1.165) is 19.4 Å². The van der Waals surface area contributed by atoms with Crippen LogP contribution in [0.3, 0.4) is 0 Å². The van der Waals surface area contributed by atoms with Crippen molar-refractivity contribution in [2.24, 2.45) is 5.92 Å². The smallest absolute Gasteiger partial charge is 0.279 e. The highest BCUT2D eigenvalue weighted by Crippen LogP contribution is 2.17. The van der Waals surface area contributed by atoms with Gasteiger partial charge in [-0.1, -0.05) is 0 Å². The van der Waals surface area contributed by atoms with Gasteiger partial charge in [-0.3, -0.25) is 0 Å². The van der Waals surface area contributed by atoms with Crippen molar-refractivity contribution in [1.29, 1.82) is 0 Å². The number of hydrogen-bond acceptors (Lipinski definition) is 3. The molecule has 6 heteroatoms. The molecule has 1 atom stereocenters. The Bertz CT molecular complexity index is 264. The zero-order valence-corrected chi connectivity index (χ0v) is 9.60. The molecule has 14 heavy (non-hydrogen) atoms. The Balaban J connectivity index is 2.56. The lowest BCUT2D eigenvalue weighted by Gasteiger charge is -2.31. The molecule has 1 fully saturated rings. The fraction of sp³-hybridized carbons (Fsp3) is 1.00. The van der Waals surface area contributed by atoms with Crippen molar-refractivity contribution in [3.8, 4) is 0 Å². The Hall–Kier alpha value is -0.170. The van der Waals surface area contributed by atoms with E-state index in [1.54, 1.807) is 0 Å². The summed E-state index contributed by atoms with van der Waals surface area (Å²) in [6.07, 6.45) is 2.06. The van der Waals surface area contributed by atoms with Crippen molar-refractivity contribution >= 4 is 10.2 Å². The molecule has 0 aliphatic carbocycles. The van der Waals surface area contributed by atoms with Gasteiger partial charge in [0.05, 0.1) is 0 Å². The standard InChI is InChI=1S/C8H19N3O2S/c1-9-6-8-4-3-5-11(7-8)14(12,13)10-2/h8-10H,3-7H2,1-2H3. The van der Waals surface area contributed by atoms with Crippen molar-refractivity contribution in [3.63, 3.8) is 0 Å². The second-order valence-corrected chi connectivity index (χ2v) is 5.51. The van der Waals surface area contributed by atoms with Gasteiger partial charge in [-0.25, -0.2) is 4.72 Å². The summed E-state index contributed by atoms with van der Waals surface area (Å²) in [4.78, 5) is 0. The van der Waals surface area contributed by atoms with Crippen molar-refractivity contribution in [3.05, 3.63) is 0 Å². The molecule has 1 saturated heterocycles. The van der Waals surface area contributed by atoms with Gasteiger partial charge in [0.1, 0.15) is 0 Å². The molecule has 0 aromatic rings. The van der Waals surface area contributed by atoms with Gasteiger partial charge in [-0.2, -0.15) is 12.7 Å². The second-order valence-electron chi connectivity index (χ2n) is 3.63. The topological polar surface area (TPSA) is 61.4 Å². The molecule has 0 saturated carbocycles. The SMILES string of the molecule is CNCC1CCCN(S(=O)(=O)NC)C1. The number of nitrogens with one attached hydrogen (secondary N) is 2. The Morgan fingerprint density at radius 1 is 1.43 bits per heavy atom. The van der Waals surface area contributed by atoms with Crippen LogP contribution in [0.1, 0.15) is 12.8 Å². The third-order valence-electron chi connectivity index (χ3n) is 2.57. The van der Waals surface area contributed by atoms with E-state index in [4.69, 9.17) is 0 Å². The summed E-state index contributed by atoms with van der Waals surface area (Å²) in [5.74, 6) is 0.442. The molecule has 0 bridgehead atoms. The van der Waals surface area contributed by atoms with E-state index in [9.17, 15) is 8.42 Å². The molecule has 1 rings (SSSR count). The van der Waals surface area contributed by atoms with Crippen LogP contribution in [-0.2, 0) is 10.2 Å². The molecule has 0 aromatic heterocycles. The van der Waals surface area contributed by atoms with E-state index in [1.165, 1.54) is 11.4 Å². The lowest BCUT2D eigenvalue weighted by molar-refractivity contribution is 0.261. The van der Waals surface area contributed by atoms with Crippen molar-refractivity contribution in [2.75, 3.05) is 33.7 Å². The molecule has 0 spiro atoms. The Labute approximate surface area is 86.0 Å². The minimum atomic E-state index is -3.22. The van der Waals surface area contributed by atoms with Crippen LogP contribution in [0.5, 0.6) is 0 Å². The fourth-order valence-corrected chi connectivity index (χ4v) is 2.86. The van der Waals surface area contributed by atoms with Gasteiger partial charge in [0, 0.05) is 20.1 Å². The minimum Gasteiger partial charge on any atom is -0.319 e. The highest BCUT2D eigenvalue weighted by atomic mass is 32.2. The summed E-state index contributed by atoms with van der Waals surface area (Å²) in [6, 6.07) is 0. The highest BCUT2D eigenvalue weighted by molar-refractivity contribution is 7.87. The first-order valence-electron chi connectivity index (χ1n) is 4.93. The van der Waals surface area contributed by atoms with Gasteiger partial charge >= 0.3 is 0 Å². The maximum absolute atomic E-state index is 11.5. The molecular formula is C8H19N3O2S. The van der Waals surface area contributed by atoms with Gasteiger partial charge in [0.25, 0.3) is 10.2 Å². The van der Waals surface area contributed by atoms with Crippen LogP contribution in [0, 0.1) is 5.92 Å². The summed E-state index contributed by atoms with van der Waals surface area (Å²) in [5.41, 5.74) is 0. The molecule has 84 valence electrons. The first-order valence-corrected chi connectivity index (χ1v) is 6.37. The maximum atomic E-state index is 11.5. The van der Waals surface area contributed by atoms with Crippen LogP contribution in [0.15, 0.2) is 0 Å². The maximum Gasteiger partial charge on any atom is 0.279 e. The molecule has 5 nitrogen and oxygen atoms in total. The monoisotopic (exact) mass is 221 g/mol. The van der Waals surface area contributed by atoms with Gasteiger partial charge < -0.3 is 5.32 Å². The van der Waals surface area contributed by atoms with Gasteiger partial charge in [-0.15, -0.1) is 0 Å². The molecule has 1 aliphatic heterocycles. The quantitative estimate of drug-likeness (QED) is 0.665. The van der Waals surface area contributed by atoms with Crippen molar-refractivity contribution in [2.45, 2.75) is 12.8 Å². The molecule has 2 N–H and O–H groups in total. The summed E-state index contributed by atoms with van der Waals surface area (Å²) in [6.45, 7) is 2.16. The Morgan fingerprint density at radius 3 is 2.71 bits per heavy atom. The third kappa shape index (κ3) is 2.91. The first kappa shape index (κ1) is 11.9. The van der Waals surface area contributed by atoms with Crippen molar-refractivity contribution < 1.29 is 8.42 Å². The van der Waals surface area contributed by atoms with Crippen LogP contribution in [0.4, 0.5) is 0 Å². The summed E-state index contributed by atoms with van der Waals surface area (Å²) in [5, 5.41) is 3.09. The first-order chi connectivity index (χ1) is 6.60. The predicted octanol–water partition coefficient (Wildman–Crippen LogP) is -0.618. The van der Waals surface area contributed by atoms with E-state index in [0.29, 0.717) is 19.0 Å². The third-order valence-corrected chi connectivity index (χ3v) is 4.10. The molecule has 0 amide bonds. The van der Waals surface area contributed by atoms with Gasteiger partial charge in [0.15, 0.2) is 0 Å². The predicted molar refractivity (Wildman–Crippen MR) is 56.2 cm³/mol. The zero-order chi connectivity index (χ0) is 10.6. The molecule has 1 unspecified atom stereocenters. The lowest BCUT2D eigenvalue weighted by atomic mass is 10.00. The van der Waals surface area contributed by atoms with E-state index in [2.05, 4.69) is 10.0 Å². The molecular weight excluding hydrogens is 202 g/mol. The molecule has 1 heterocycles. The molecule has 1 aliphatic rings. The number of nitrogens with zero attached hydrogens (tertiary/aromatic N) is 1. The molecule has 0 aromatic carbocycles. The molecule has 0 radical (unpaired) electrons. The van der Waals surface area contributed by atoms with Crippen LogP contribution in [0.2, 0.25) is 0 Å². The average Bonchev–Trinajstić information content (AvgIpc) is 2.19. The van der Waals surface area contributed by atoms with Crippen LogP contribution in [0.25, 0.3) is 0 Å². The summed E-state index contributed by atoms with van der Waals surface area (Å²) < 4.78 is 26.9. The van der Waals surface area contributed by atoms with Gasteiger partial charge in [0.2, 0.25) is 0 Å². The Kier molecular flexibility index (Phi) is 4.31. The van der Waals surface area contributed by atoms with E-state index in [-0.39, 0.29) is 0 Å². The van der Waals surface area contributed by atoms with Crippen LogP contribution >= 0.6 is 0 Å². The number of rotatable bonds is 4. The lowest BCUT2D eigenvalue weighted by Crippen LogP contribution is -2.46. The minimum absolute atomic E-state index is 0.442. The van der Waals surface area contributed by atoms with E-state index in [1.807, 2.05) is 7.05 Å². The normalized spacial score (nSPS) is 25.1. The Morgan fingerprint density at radius 2 is 2.14 bits per heavy atom. The zero-order valence-electron chi connectivity index (χ0n) is 8.78. The van der Waals surface area contributed by atoms with E-state index >= 15 is 0 Å². The average molecular weight is 221 g/mol. The fourth-order valence-electron chi connectivity index (χ4n) is 1.83. The summed E-state index contributed by atoms with van der Waals surface area (Å²) >= 11 is 0. The second kappa shape index (κ2) is 5.06. The largest absolute Gasteiger partial charge is 0.319 e. The summed E-state index contributed by atoms with van der Waals surface area (Å²) in [7, 11) is 0.133. The van der Waals surface area contributed by atoms with E-state index < -0.39 is 10.2 Å². The van der Waals surface area contributed by atoms with Gasteiger partial charge in [-0.05, 0) is 32.4 Å². The highest BCUT2D eigenvalue weighted by Gasteiger charge is 2.27. The van der Waals surface area contributed by atoms with Crippen LogP contribution in [-0.4, -0.2) is 46.5 Å². The van der Waals surface area contributed by atoms with Crippen molar-refractivity contribution in [1.82, 2.24) is 14.3 Å².